The molecule has 1 fully saturated rings. The summed E-state index contributed by atoms with van der Waals surface area (Å²) in [6.07, 6.45) is 9.92. The van der Waals surface area contributed by atoms with Gasteiger partial charge in [0.25, 0.3) is 0 Å². The molecule has 1 heteroatoms. The molecule has 0 spiro atoms. The quantitative estimate of drug-likeness (QED) is 0.640. The van der Waals surface area contributed by atoms with Crippen molar-refractivity contribution in [2.24, 2.45) is 5.41 Å². The van der Waals surface area contributed by atoms with Crippen LogP contribution in [0.1, 0.15) is 52.4 Å². The van der Waals surface area contributed by atoms with E-state index in [2.05, 4.69) is 31.8 Å². The second-order valence-corrected chi connectivity index (χ2v) is 5.03. The largest absolute Gasteiger partial charge is 0.314 e. The van der Waals surface area contributed by atoms with E-state index in [9.17, 15) is 0 Å². The Labute approximate surface area is 89.0 Å². The summed E-state index contributed by atoms with van der Waals surface area (Å²) in [4.78, 5) is 0. The average molecular weight is 195 g/mol. The zero-order valence-corrected chi connectivity index (χ0v) is 9.81. The predicted molar refractivity (Wildman–Crippen MR) is 63.5 cm³/mol. The zero-order chi connectivity index (χ0) is 10.4. The first-order valence-corrected chi connectivity index (χ1v) is 6.04. The van der Waals surface area contributed by atoms with Crippen LogP contribution in [-0.2, 0) is 0 Å². The lowest BCUT2D eigenvalue weighted by atomic mass is 9.83. The molecule has 1 nitrogen and oxygen atoms in total. The minimum Gasteiger partial charge on any atom is -0.314 e. The number of hydrogen-bond donors (Lipinski definition) is 1. The van der Waals surface area contributed by atoms with Crippen LogP contribution in [0, 0.1) is 5.41 Å². The summed E-state index contributed by atoms with van der Waals surface area (Å²) < 4.78 is 0. The van der Waals surface area contributed by atoms with E-state index in [0.717, 1.165) is 6.04 Å². The lowest BCUT2D eigenvalue weighted by Gasteiger charge is -2.23. The number of nitrogens with one attached hydrogen (secondary N) is 1. The summed E-state index contributed by atoms with van der Waals surface area (Å²) in [5.41, 5.74) is 0.583. The van der Waals surface area contributed by atoms with Gasteiger partial charge in [0.1, 0.15) is 0 Å². The van der Waals surface area contributed by atoms with Crippen LogP contribution in [0.5, 0.6) is 0 Å². The Balaban J connectivity index is 2.27. The first-order valence-electron chi connectivity index (χ1n) is 6.04. The van der Waals surface area contributed by atoms with E-state index < -0.39 is 0 Å². The average Bonchev–Trinajstić information content (AvgIpc) is 2.55. The molecule has 1 aliphatic rings. The highest BCUT2D eigenvalue weighted by Crippen LogP contribution is 2.41. The van der Waals surface area contributed by atoms with Crippen molar-refractivity contribution in [3.63, 3.8) is 0 Å². The third-order valence-corrected chi connectivity index (χ3v) is 3.47. The van der Waals surface area contributed by atoms with Crippen molar-refractivity contribution in [3.05, 3.63) is 12.7 Å². The van der Waals surface area contributed by atoms with E-state index in [-0.39, 0.29) is 0 Å². The smallest absolute Gasteiger partial charge is 0.00724 e. The first kappa shape index (κ1) is 11.8. The van der Waals surface area contributed by atoms with Gasteiger partial charge in [-0.15, -0.1) is 6.58 Å². The molecular formula is C13H25N. The van der Waals surface area contributed by atoms with Gasteiger partial charge < -0.3 is 5.32 Å². The van der Waals surface area contributed by atoms with Gasteiger partial charge in [-0.25, -0.2) is 0 Å². The molecule has 0 aliphatic heterocycles. The van der Waals surface area contributed by atoms with Gasteiger partial charge in [-0.1, -0.05) is 19.9 Å². The normalized spacial score (nSPS) is 32.0. The highest BCUT2D eigenvalue weighted by atomic mass is 14.9. The highest BCUT2D eigenvalue weighted by Gasteiger charge is 2.33. The van der Waals surface area contributed by atoms with Crippen molar-refractivity contribution < 1.29 is 0 Å². The SMILES string of the molecule is C=CCCC1(C)CCC(NCCC)C1. The summed E-state index contributed by atoms with van der Waals surface area (Å²) in [6.45, 7) is 9.66. The molecule has 0 radical (unpaired) electrons. The molecule has 0 saturated heterocycles. The van der Waals surface area contributed by atoms with Crippen LogP contribution < -0.4 is 5.32 Å². The van der Waals surface area contributed by atoms with Gasteiger partial charge in [0.2, 0.25) is 0 Å². The zero-order valence-electron chi connectivity index (χ0n) is 9.81. The fourth-order valence-electron chi connectivity index (χ4n) is 2.52. The van der Waals surface area contributed by atoms with Crippen LogP contribution in [0.2, 0.25) is 0 Å². The number of hydrogen-bond acceptors (Lipinski definition) is 1. The van der Waals surface area contributed by atoms with Crippen molar-refractivity contribution in [1.82, 2.24) is 5.32 Å². The van der Waals surface area contributed by atoms with Gasteiger partial charge in [0.05, 0.1) is 0 Å². The van der Waals surface area contributed by atoms with Crippen molar-refractivity contribution >= 4 is 0 Å². The Kier molecular flexibility index (Phi) is 4.67. The lowest BCUT2D eigenvalue weighted by Crippen LogP contribution is -2.28. The van der Waals surface area contributed by atoms with Gasteiger partial charge in [-0.3, -0.25) is 0 Å². The predicted octanol–water partition coefficient (Wildman–Crippen LogP) is 3.51. The Morgan fingerprint density at radius 2 is 2.36 bits per heavy atom. The third kappa shape index (κ3) is 3.45. The summed E-state index contributed by atoms with van der Waals surface area (Å²) in [5, 5.41) is 3.64. The maximum Gasteiger partial charge on any atom is 0.00724 e. The van der Waals surface area contributed by atoms with Crippen LogP contribution in [0.3, 0.4) is 0 Å². The topological polar surface area (TPSA) is 12.0 Å². The van der Waals surface area contributed by atoms with Crippen LogP contribution in [0.15, 0.2) is 12.7 Å². The Morgan fingerprint density at radius 3 is 3.00 bits per heavy atom. The van der Waals surface area contributed by atoms with Crippen LogP contribution in [0.4, 0.5) is 0 Å². The third-order valence-electron chi connectivity index (χ3n) is 3.47. The van der Waals surface area contributed by atoms with Gasteiger partial charge in [0.15, 0.2) is 0 Å². The molecule has 2 unspecified atom stereocenters. The lowest BCUT2D eigenvalue weighted by molar-refractivity contribution is 0.300. The van der Waals surface area contributed by atoms with E-state index >= 15 is 0 Å². The van der Waals surface area contributed by atoms with E-state index in [4.69, 9.17) is 0 Å². The number of allylic oxidation sites excluding steroid dienone is 1. The van der Waals surface area contributed by atoms with Crippen molar-refractivity contribution in [3.8, 4) is 0 Å². The van der Waals surface area contributed by atoms with Gasteiger partial charge in [-0.2, -0.15) is 0 Å². The molecule has 82 valence electrons. The molecule has 14 heavy (non-hydrogen) atoms. The van der Waals surface area contributed by atoms with Crippen molar-refractivity contribution in [1.29, 1.82) is 0 Å². The summed E-state index contributed by atoms with van der Waals surface area (Å²) in [7, 11) is 0. The first-order chi connectivity index (χ1) is 6.70. The van der Waals surface area contributed by atoms with E-state index in [1.807, 2.05) is 0 Å². The molecule has 0 heterocycles. The summed E-state index contributed by atoms with van der Waals surface area (Å²) in [6, 6.07) is 0.782. The fourth-order valence-corrected chi connectivity index (χ4v) is 2.52. The van der Waals surface area contributed by atoms with Crippen LogP contribution in [-0.4, -0.2) is 12.6 Å². The molecular weight excluding hydrogens is 170 g/mol. The van der Waals surface area contributed by atoms with Crippen molar-refractivity contribution in [2.45, 2.75) is 58.4 Å². The second-order valence-electron chi connectivity index (χ2n) is 5.03. The Morgan fingerprint density at radius 1 is 1.57 bits per heavy atom. The summed E-state index contributed by atoms with van der Waals surface area (Å²) in [5.74, 6) is 0. The fraction of sp³-hybridized carbons (Fsp3) is 0.846. The molecule has 1 aliphatic carbocycles. The van der Waals surface area contributed by atoms with E-state index in [1.54, 1.807) is 0 Å². The second kappa shape index (κ2) is 5.55. The van der Waals surface area contributed by atoms with E-state index in [0.29, 0.717) is 5.41 Å². The Hall–Kier alpha value is -0.300. The molecule has 2 atom stereocenters. The molecule has 1 saturated carbocycles. The van der Waals surface area contributed by atoms with Gasteiger partial charge in [-0.05, 0) is 50.5 Å². The monoisotopic (exact) mass is 195 g/mol. The maximum atomic E-state index is 3.81. The van der Waals surface area contributed by atoms with Crippen molar-refractivity contribution in [2.75, 3.05) is 6.54 Å². The minimum atomic E-state index is 0.583. The molecule has 0 aromatic carbocycles. The molecule has 0 aromatic heterocycles. The van der Waals surface area contributed by atoms with E-state index in [1.165, 1.54) is 45.1 Å². The Bertz CT molecular complexity index is 176. The summed E-state index contributed by atoms with van der Waals surface area (Å²) >= 11 is 0. The minimum absolute atomic E-state index is 0.583. The molecule has 1 rings (SSSR count). The standard InChI is InChI=1S/C13H25N/c1-4-6-8-13(3)9-7-12(11-13)14-10-5-2/h4,12,14H,1,5-11H2,2-3H3. The van der Waals surface area contributed by atoms with Gasteiger partial charge in [0, 0.05) is 6.04 Å². The maximum absolute atomic E-state index is 3.81. The molecule has 0 aromatic rings. The molecule has 0 amide bonds. The van der Waals surface area contributed by atoms with Crippen LogP contribution in [0.25, 0.3) is 0 Å². The molecule has 0 bridgehead atoms. The van der Waals surface area contributed by atoms with Crippen LogP contribution >= 0.6 is 0 Å². The number of rotatable bonds is 6. The molecule has 1 N–H and O–H groups in total. The highest BCUT2D eigenvalue weighted by molar-refractivity contribution is 4.90. The van der Waals surface area contributed by atoms with Gasteiger partial charge >= 0.3 is 0 Å².